The van der Waals surface area contributed by atoms with Gasteiger partial charge in [-0.15, -0.1) is 0 Å². The minimum atomic E-state index is 0.111. The van der Waals surface area contributed by atoms with Gasteiger partial charge in [0.1, 0.15) is 0 Å². The molecule has 25 heavy (non-hydrogen) atoms. The molecule has 4 rings (SSSR count). The van der Waals surface area contributed by atoms with Crippen LogP contribution in [0.5, 0.6) is 0 Å². The van der Waals surface area contributed by atoms with Gasteiger partial charge in [0.2, 0.25) is 5.91 Å². The second-order valence-electron chi connectivity index (χ2n) is 7.79. The second-order valence-corrected chi connectivity index (χ2v) is 7.79. The number of carbonyl (C=O) groups is 2. The quantitative estimate of drug-likeness (QED) is 0.792. The van der Waals surface area contributed by atoms with E-state index in [9.17, 15) is 9.59 Å². The Bertz CT molecular complexity index is 670. The van der Waals surface area contributed by atoms with Crippen molar-refractivity contribution in [2.45, 2.75) is 57.4 Å². The zero-order valence-corrected chi connectivity index (χ0v) is 15.0. The predicted octanol–water partition coefficient (Wildman–Crippen LogP) is 2.83. The summed E-state index contributed by atoms with van der Waals surface area (Å²) in [6.45, 7) is 4.00. The van der Waals surface area contributed by atoms with Crippen LogP contribution in [-0.4, -0.2) is 53.7 Å². The first-order chi connectivity index (χ1) is 12.2. The molecule has 134 valence electrons. The van der Waals surface area contributed by atoms with E-state index in [4.69, 9.17) is 0 Å². The molecule has 1 amide bonds. The van der Waals surface area contributed by atoms with Gasteiger partial charge < -0.3 is 4.90 Å². The van der Waals surface area contributed by atoms with E-state index in [0.717, 1.165) is 44.5 Å². The van der Waals surface area contributed by atoms with Gasteiger partial charge in [0, 0.05) is 44.1 Å². The molecule has 1 aromatic carbocycles. The van der Waals surface area contributed by atoms with Crippen molar-refractivity contribution in [1.29, 1.82) is 0 Å². The molecule has 1 aromatic rings. The first kappa shape index (κ1) is 16.8. The topological polar surface area (TPSA) is 40.6 Å². The number of aryl methyl sites for hydroxylation is 2. The van der Waals surface area contributed by atoms with Crippen molar-refractivity contribution in [3.05, 3.63) is 34.9 Å². The number of Topliss-reactive ketones (excluding diaryl/α,β-unsaturated/α-hetero) is 1. The molecule has 2 saturated heterocycles. The van der Waals surface area contributed by atoms with Gasteiger partial charge in [0.05, 0.1) is 0 Å². The summed E-state index contributed by atoms with van der Waals surface area (Å²) in [5.74, 6) is 0.267. The number of ketones is 1. The maximum Gasteiger partial charge on any atom is 0.223 e. The Morgan fingerprint density at radius 2 is 1.80 bits per heavy atom. The minimum Gasteiger partial charge on any atom is -0.341 e. The summed E-state index contributed by atoms with van der Waals surface area (Å²) < 4.78 is 0. The highest BCUT2D eigenvalue weighted by atomic mass is 16.2. The van der Waals surface area contributed by atoms with Gasteiger partial charge in [-0.2, -0.15) is 0 Å². The fourth-order valence-electron chi connectivity index (χ4n) is 4.70. The van der Waals surface area contributed by atoms with E-state index in [1.807, 2.05) is 11.0 Å². The van der Waals surface area contributed by atoms with Crippen LogP contribution in [-0.2, 0) is 17.6 Å². The lowest BCUT2D eigenvalue weighted by Crippen LogP contribution is -2.39. The van der Waals surface area contributed by atoms with E-state index in [0.29, 0.717) is 18.9 Å². The number of rotatable bonds is 4. The van der Waals surface area contributed by atoms with Crippen molar-refractivity contribution < 1.29 is 9.59 Å². The molecule has 3 aliphatic rings. The maximum absolute atomic E-state index is 12.6. The average Bonchev–Trinajstić information content (AvgIpc) is 3.23. The summed E-state index contributed by atoms with van der Waals surface area (Å²) in [4.78, 5) is 29.7. The molecule has 1 unspecified atom stereocenters. The third kappa shape index (κ3) is 3.64. The number of hydrogen-bond donors (Lipinski definition) is 0. The molecule has 0 spiro atoms. The number of benzene rings is 1. The third-order valence-electron chi connectivity index (χ3n) is 6.14. The zero-order chi connectivity index (χ0) is 17.2. The Kier molecular flexibility index (Phi) is 4.89. The first-order valence-corrected chi connectivity index (χ1v) is 9.87. The normalized spacial score (nSPS) is 23.2. The van der Waals surface area contributed by atoms with Gasteiger partial charge >= 0.3 is 0 Å². The number of fused-ring (bicyclic) bond motifs is 2. The molecule has 4 heteroatoms. The van der Waals surface area contributed by atoms with E-state index in [1.54, 1.807) is 0 Å². The van der Waals surface area contributed by atoms with Crippen molar-refractivity contribution in [2.75, 3.05) is 26.2 Å². The van der Waals surface area contributed by atoms with Crippen molar-refractivity contribution >= 4 is 11.7 Å². The van der Waals surface area contributed by atoms with Crippen LogP contribution in [0.3, 0.4) is 0 Å². The van der Waals surface area contributed by atoms with Crippen molar-refractivity contribution in [2.24, 2.45) is 0 Å². The Hall–Kier alpha value is -1.68. The Morgan fingerprint density at radius 1 is 0.960 bits per heavy atom. The molecule has 0 saturated carbocycles. The molecular formula is C21H28N2O2. The second kappa shape index (κ2) is 7.28. The lowest BCUT2D eigenvalue weighted by Gasteiger charge is -2.25. The molecular weight excluding hydrogens is 312 g/mol. The first-order valence-electron chi connectivity index (χ1n) is 9.87. The van der Waals surface area contributed by atoms with E-state index >= 15 is 0 Å². The number of amides is 1. The van der Waals surface area contributed by atoms with Crippen LogP contribution in [0.2, 0.25) is 0 Å². The molecule has 2 heterocycles. The fourth-order valence-corrected chi connectivity index (χ4v) is 4.70. The van der Waals surface area contributed by atoms with Crippen LogP contribution in [0.15, 0.2) is 18.2 Å². The van der Waals surface area contributed by atoms with E-state index in [-0.39, 0.29) is 11.7 Å². The van der Waals surface area contributed by atoms with Crippen molar-refractivity contribution in [3.63, 3.8) is 0 Å². The highest BCUT2D eigenvalue weighted by molar-refractivity contribution is 5.98. The summed E-state index contributed by atoms with van der Waals surface area (Å²) in [6, 6.07) is 6.64. The lowest BCUT2D eigenvalue weighted by molar-refractivity contribution is -0.131. The van der Waals surface area contributed by atoms with Gasteiger partial charge in [-0.05, 0) is 62.3 Å². The molecule has 4 nitrogen and oxygen atoms in total. The smallest absolute Gasteiger partial charge is 0.223 e. The number of nitrogens with zero attached hydrogens (tertiary/aromatic N) is 2. The predicted molar refractivity (Wildman–Crippen MR) is 97.8 cm³/mol. The van der Waals surface area contributed by atoms with E-state index in [1.165, 1.54) is 36.9 Å². The minimum absolute atomic E-state index is 0.111. The average molecular weight is 340 g/mol. The number of hydrogen-bond acceptors (Lipinski definition) is 3. The summed E-state index contributed by atoms with van der Waals surface area (Å²) in [6.07, 6.45) is 7.61. The van der Waals surface area contributed by atoms with Gasteiger partial charge in [-0.25, -0.2) is 0 Å². The van der Waals surface area contributed by atoms with Crippen molar-refractivity contribution in [3.8, 4) is 0 Å². The summed E-state index contributed by atoms with van der Waals surface area (Å²) in [7, 11) is 0. The highest BCUT2D eigenvalue weighted by Gasteiger charge is 2.30. The van der Waals surface area contributed by atoms with Crippen LogP contribution in [0.25, 0.3) is 0 Å². The Labute approximate surface area is 150 Å². The summed E-state index contributed by atoms with van der Waals surface area (Å²) in [5.41, 5.74) is 3.50. The highest BCUT2D eigenvalue weighted by Crippen LogP contribution is 2.24. The molecule has 0 radical (unpaired) electrons. The zero-order valence-electron chi connectivity index (χ0n) is 15.0. The van der Waals surface area contributed by atoms with Gasteiger partial charge in [0.25, 0.3) is 0 Å². The van der Waals surface area contributed by atoms with Gasteiger partial charge in [-0.1, -0.05) is 12.1 Å². The van der Waals surface area contributed by atoms with E-state index in [2.05, 4.69) is 17.0 Å². The lowest BCUT2D eigenvalue weighted by atomic mass is 10.0. The standard InChI is InChI=1S/C21H28N2O2/c24-20(18-8-7-16-4-1-5-17(16)14-18)9-10-21(25)23-13-3-12-22-11-2-6-19(22)15-23/h7-8,14,19H,1-6,9-13,15H2. The van der Waals surface area contributed by atoms with Crippen LogP contribution in [0, 0.1) is 0 Å². The third-order valence-corrected chi connectivity index (χ3v) is 6.14. The fraction of sp³-hybridized carbons (Fsp3) is 0.619. The monoisotopic (exact) mass is 340 g/mol. The van der Waals surface area contributed by atoms with E-state index < -0.39 is 0 Å². The van der Waals surface area contributed by atoms with Gasteiger partial charge in [-0.3, -0.25) is 14.5 Å². The SMILES string of the molecule is O=C(CCC(=O)N1CCCN2CCCC2C1)c1ccc2c(c1)CCC2. The van der Waals surface area contributed by atoms with Crippen molar-refractivity contribution in [1.82, 2.24) is 9.80 Å². The van der Waals surface area contributed by atoms with Crippen LogP contribution in [0.4, 0.5) is 0 Å². The number of carbonyl (C=O) groups excluding carboxylic acids is 2. The molecule has 0 N–H and O–H groups in total. The summed E-state index contributed by atoms with van der Waals surface area (Å²) in [5, 5.41) is 0. The molecule has 1 aliphatic carbocycles. The van der Waals surface area contributed by atoms with Gasteiger partial charge in [0.15, 0.2) is 5.78 Å². The van der Waals surface area contributed by atoms with Crippen LogP contribution in [0.1, 0.15) is 60.0 Å². The Morgan fingerprint density at radius 3 is 2.72 bits per heavy atom. The van der Waals surface area contributed by atoms with Crippen LogP contribution >= 0.6 is 0 Å². The van der Waals surface area contributed by atoms with Crippen LogP contribution < -0.4 is 0 Å². The molecule has 0 aromatic heterocycles. The largest absolute Gasteiger partial charge is 0.341 e. The molecule has 2 aliphatic heterocycles. The Balaban J connectivity index is 1.32. The summed E-state index contributed by atoms with van der Waals surface area (Å²) >= 11 is 0. The maximum atomic E-state index is 12.6. The molecule has 0 bridgehead atoms. The molecule has 1 atom stereocenters. The molecule has 2 fully saturated rings.